The molecule has 4 aromatic heterocycles. The van der Waals surface area contributed by atoms with Crippen LogP contribution in [0.25, 0.3) is 0 Å². The third-order valence-electron chi connectivity index (χ3n) is 6.12. The molecule has 2 unspecified atom stereocenters. The minimum atomic E-state index is 0.360. The van der Waals surface area contributed by atoms with Gasteiger partial charge in [-0.2, -0.15) is 0 Å². The van der Waals surface area contributed by atoms with Crippen LogP contribution in [0.15, 0.2) is 48.5 Å². The molecular formula is C25H26N6S2. The number of aromatic nitrogens is 2. The molecule has 2 atom stereocenters. The van der Waals surface area contributed by atoms with Crippen molar-refractivity contribution in [3.63, 3.8) is 0 Å². The molecule has 0 spiro atoms. The molecule has 168 valence electrons. The number of anilines is 4. The minimum Gasteiger partial charge on any atom is -0.370 e. The van der Waals surface area contributed by atoms with E-state index in [1.807, 2.05) is 72.9 Å². The van der Waals surface area contributed by atoms with Crippen LogP contribution in [-0.2, 0) is 13.1 Å². The van der Waals surface area contributed by atoms with Crippen molar-refractivity contribution in [3.05, 3.63) is 80.8 Å². The predicted molar refractivity (Wildman–Crippen MR) is 139 cm³/mol. The Hall–Kier alpha value is -3.10. The van der Waals surface area contributed by atoms with E-state index in [2.05, 4.69) is 43.4 Å². The molecule has 0 aromatic carbocycles. The summed E-state index contributed by atoms with van der Waals surface area (Å²) in [5, 5.41) is 17.1. The molecule has 0 saturated heterocycles. The number of aryl methyl sites for hydroxylation is 2. The van der Waals surface area contributed by atoms with E-state index in [4.69, 9.17) is 0 Å². The summed E-state index contributed by atoms with van der Waals surface area (Å²) in [6.07, 6.45) is 1.08. The molecule has 6 nitrogen and oxygen atoms in total. The van der Waals surface area contributed by atoms with Gasteiger partial charge in [0.05, 0.1) is 35.2 Å². The number of hydrogen-bond acceptors (Lipinski definition) is 8. The van der Waals surface area contributed by atoms with Gasteiger partial charge in [-0.3, -0.25) is 0 Å². The Kier molecular flexibility index (Phi) is 5.19. The fraction of sp³-hybridized carbons (Fsp3) is 0.280. The third kappa shape index (κ3) is 4.16. The van der Waals surface area contributed by atoms with E-state index in [-0.39, 0.29) is 0 Å². The van der Waals surface area contributed by atoms with Gasteiger partial charge in [0.25, 0.3) is 0 Å². The van der Waals surface area contributed by atoms with Crippen molar-refractivity contribution >= 4 is 44.3 Å². The zero-order valence-electron chi connectivity index (χ0n) is 18.6. The summed E-state index contributed by atoms with van der Waals surface area (Å²) < 4.78 is 0. The van der Waals surface area contributed by atoms with Gasteiger partial charge in [-0.05, 0) is 56.7 Å². The maximum absolute atomic E-state index is 4.55. The van der Waals surface area contributed by atoms with Gasteiger partial charge in [0, 0.05) is 32.3 Å². The van der Waals surface area contributed by atoms with Gasteiger partial charge >= 0.3 is 0 Å². The molecule has 2 aliphatic heterocycles. The first-order chi connectivity index (χ1) is 16.1. The second-order valence-electron chi connectivity index (χ2n) is 8.66. The first-order valence-electron chi connectivity index (χ1n) is 11.2. The zero-order valence-corrected chi connectivity index (χ0v) is 20.2. The summed E-state index contributed by atoms with van der Waals surface area (Å²) in [7, 11) is 0. The van der Waals surface area contributed by atoms with E-state index in [1.54, 1.807) is 0 Å². The molecule has 0 radical (unpaired) electrons. The summed E-state index contributed by atoms with van der Waals surface area (Å²) in [6.45, 7) is 5.62. The number of thiophene rings is 2. The number of fused-ring (bicyclic) bond motifs is 6. The van der Waals surface area contributed by atoms with Gasteiger partial charge in [-0.1, -0.05) is 12.1 Å². The normalized spacial score (nSPS) is 18.0. The molecule has 33 heavy (non-hydrogen) atoms. The standard InChI is InChI=1S/C25H26N6S2/c1-14-5-3-7-22(28-14)26-12-16-9-18-20-11-21(30-24(18)32-16)19-10-17(33-25(19)31-20)13-27-23-8-4-6-15(2)29-23/h3-10,20-21,30-31H,11-13H2,1-2H3,(H,26,28)(H,27,29). The van der Waals surface area contributed by atoms with E-state index in [0.717, 1.165) is 42.5 Å². The Morgan fingerprint density at radius 3 is 1.73 bits per heavy atom. The van der Waals surface area contributed by atoms with Crippen LogP contribution >= 0.6 is 22.7 Å². The second-order valence-corrected chi connectivity index (χ2v) is 10.9. The van der Waals surface area contributed by atoms with Crippen LogP contribution in [-0.4, -0.2) is 9.97 Å². The van der Waals surface area contributed by atoms with Crippen LogP contribution in [0.3, 0.4) is 0 Å². The lowest BCUT2D eigenvalue weighted by molar-refractivity contribution is 0.574. The first kappa shape index (κ1) is 20.5. The molecule has 0 saturated carbocycles. The van der Waals surface area contributed by atoms with Gasteiger partial charge < -0.3 is 21.3 Å². The highest BCUT2D eigenvalue weighted by atomic mass is 32.1. The molecule has 2 aliphatic rings. The highest BCUT2D eigenvalue weighted by Gasteiger charge is 2.36. The van der Waals surface area contributed by atoms with E-state index >= 15 is 0 Å². The SMILES string of the molecule is Cc1cccc(NCc2cc3c(s2)NC2CC3Nc3sc(CNc4cccc(C)n4)cc32)n1. The lowest BCUT2D eigenvalue weighted by Gasteiger charge is -2.36. The van der Waals surface area contributed by atoms with Crippen molar-refractivity contribution in [2.45, 2.75) is 45.4 Å². The van der Waals surface area contributed by atoms with Gasteiger partial charge in [0.15, 0.2) is 0 Å². The average molecular weight is 475 g/mol. The van der Waals surface area contributed by atoms with Gasteiger partial charge in [-0.25, -0.2) is 9.97 Å². The van der Waals surface area contributed by atoms with Crippen molar-refractivity contribution in [3.8, 4) is 0 Å². The molecule has 6 heterocycles. The van der Waals surface area contributed by atoms with E-state index in [0.29, 0.717) is 12.1 Å². The molecule has 8 heteroatoms. The lowest BCUT2D eigenvalue weighted by Crippen LogP contribution is -2.28. The summed E-state index contributed by atoms with van der Waals surface area (Å²) >= 11 is 3.69. The fourth-order valence-electron chi connectivity index (χ4n) is 4.55. The number of hydrogen-bond donors (Lipinski definition) is 4. The molecule has 0 amide bonds. The van der Waals surface area contributed by atoms with Crippen LogP contribution in [0.5, 0.6) is 0 Å². The Morgan fingerprint density at radius 2 is 1.27 bits per heavy atom. The lowest BCUT2D eigenvalue weighted by atomic mass is 9.90. The molecule has 4 N–H and O–H groups in total. The summed E-state index contributed by atoms with van der Waals surface area (Å²) in [4.78, 5) is 11.7. The molecule has 0 aliphatic carbocycles. The molecule has 4 aromatic rings. The molecule has 2 bridgehead atoms. The number of nitrogens with zero attached hydrogens (tertiary/aromatic N) is 2. The van der Waals surface area contributed by atoms with Crippen molar-refractivity contribution in [1.29, 1.82) is 0 Å². The van der Waals surface area contributed by atoms with Crippen LogP contribution in [0.4, 0.5) is 21.6 Å². The highest BCUT2D eigenvalue weighted by Crippen LogP contribution is 2.51. The number of nitrogens with one attached hydrogen (secondary N) is 4. The zero-order chi connectivity index (χ0) is 22.4. The maximum Gasteiger partial charge on any atom is 0.126 e. The topological polar surface area (TPSA) is 73.9 Å². The minimum absolute atomic E-state index is 0.360. The Morgan fingerprint density at radius 1 is 0.788 bits per heavy atom. The fourth-order valence-corrected chi connectivity index (χ4v) is 6.78. The van der Waals surface area contributed by atoms with Crippen molar-refractivity contribution < 1.29 is 0 Å². The number of pyridine rings is 2. The van der Waals surface area contributed by atoms with Crippen molar-refractivity contribution in [2.24, 2.45) is 0 Å². The van der Waals surface area contributed by atoms with Gasteiger partial charge in [-0.15, -0.1) is 22.7 Å². The highest BCUT2D eigenvalue weighted by molar-refractivity contribution is 7.17. The largest absolute Gasteiger partial charge is 0.370 e. The predicted octanol–water partition coefficient (Wildman–Crippen LogP) is 6.46. The smallest absolute Gasteiger partial charge is 0.126 e. The summed E-state index contributed by atoms with van der Waals surface area (Å²) in [6, 6.07) is 17.6. The molecule has 0 fully saturated rings. The summed E-state index contributed by atoms with van der Waals surface area (Å²) in [5.41, 5.74) is 4.82. The van der Waals surface area contributed by atoms with E-state index in [9.17, 15) is 0 Å². The van der Waals surface area contributed by atoms with Crippen LogP contribution in [0, 0.1) is 13.8 Å². The third-order valence-corrected chi connectivity index (χ3v) is 8.28. The van der Waals surface area contributed by atoms with Crippen molar-refractivity contribution in [2.75, 3.05) is 21.3 Å². The Labute approximate surface area is 201 Å². The van der Waals surface area contributed by atoms with Gasteiger partial charge in [0.1, 0.15) is 11.6 Å². The Balaban J connectivity index is 1.15. The average Bonchev–Trinajstić information content (AvgIpc) is 3.41. The van der Waals surface area contributed by atoms with Crippen LogP contribution in [0.2, 0.25) is 0 Å². The molecule has 6 rings (SSSR count). The van der Waals surface area contributed by atoms with Crippen molar-refractivity contribution in [1.82, 2.24) is 9.97 Å². The maximum atomic E-state index is 4.55. The first-order valence-corrected chi connectivity index (χ1v) is 12.9. The summed E-state index contributed by atoms with van der Waals surface area (Å²) in [5.74, 6) is 1.85. The quantitative estimate of drug-likeness (QED) is 0.257. The monoisotopic (exact) mass is 474 g/mol. The van der Waals surface area contributed by atoms with Crippen LogP contribution in [0.1, 0.15) is 50.8 Å². The number of rotatable bonds is 6. The second kappa shape index (κ2) is 8.35. The molecular weight excluding hydrogens is 448 g/mol. The van der Waals surface area contributed by atoms with E-state index < -0.39 is 0 Å². The Bertz CT molecular complexity index is 1210. The van der Waals surface area contributed by atoms with E-state index in [1.165, 1.54) is 30.9 Å². The van der Waals surface area contributed by atoms with Gasteiger partial charge in [0.2, 0.25) is 0 Å². The van der Waals surface area contributed by atoms with Crippen LogP contribution < -0.4 is 21.3 Å².